The molecule has 0 bridgehead atoms. The molecule has 3 heterocycles. The molecule has 0 spiro atoms. The Hall–Kier alpha value is -3.43. The van der Waals surface area contributed by atoms with E-state index in [-0.39, 0.29) is 24.6 Å². The number of hydrogen-bond donors (Lipinski definition) is 3. The van der Waals surface area contributed by atoms with Crippen LogP contribution in [0.3, 0.4) is 0 Å². The number of aromatic nitrogens is 2. The number of nitrogens with one attached hydrogen (secondary N) is 3. The normalized spacial score (nSPS) is 18.0. The van der Waals surface area contributed by atoms with Crippen LogP contribution in [0.1, 0.15) is 23.5 Å². The molecule has 9 heteroatoms. The van der Waals surface area contributed by atoms with E-state index in [1.807, 2.05) is 53.6 Å². The van der Waals surface area contributed by atoms with Crippen LogP contribution < -0.4 is 20.3 Å². The van der Waals surface area contributed by atoms with Crippen molar-refractivity contribution in [3.8, 4) is 5.75 Å². The number of carbonyl (C=O) groups is 1. The van der Waals surface area contributed by atoms with E-state index in [1.54, 1.807) is 19.4 Å². The fourth-order valence-corrected chi connectivity index (χ4v) is 4.08. The highest BCUT2D eigenvalue weighted by molar-refractivity contribution is 7.80. The molecule has 3 aromatic rings. The Morgan fingerprint density at radius 2 is 2.10 bits per heavy atom. The average molecular weight is 438 g/mol. The van der Waals surface area contributed by atoms with Crippen molar-refractivity contribution in [3.63, 3.8) is 0 Å². The number of ether oxygens (including phenoxy) is 2. The van der Waals surface area contributed by atoms with Gasteiger partial charge in [0.1, 0.15) is 18.4 Å². The van der Waals surface area contributed by atoms with Crippen LogP contribution in [0.4, 0.5) is 11.4 Å². The van der Waals surface area contributed by atoms with Crippen molar-refractivity contribution in [2.45, 2.75) is 12.1 Å². The molecule has 1 fully saturated rings. The lowest BCUT2D eigenvalue weighted by molar-refractivity contribution is -0.119. The molecule has 1 aliphatic rings. The summed E-state index contributed by atoms with van der Waals surface area (Å²) in [7, 11) is 3.03. The molecule has 31 heavy (non-hydrogen) atoms. The van der Waals surface area contributed by atoms with E-state index in [0.29, 0.717) is 16.5 Å². The molecule has 3 N–H and O–H groups in total. The van der Waals surface area contributed by atoms with Gasteiger partial charge in [-0.25, -0.2) is 0 Å². The number of methoxy groups -OCH3 is 2. The first-order chi connectivity index (χ1) is 15.1. The number of thiocarbonyl (C=S) groups is 1. The van der Waals surface area contributed by atoms with Gasteiger partial charge in [0.05, 0.1) is 24.5 Å². The van der Waals surface area contributed by atoms with Crippen molar-refractivity contribution in [1.82, 2.24) is 15.3 Å². The molecule has 1 saturated heterocycles. The first kappa shape index (κ1) is 20.8. The summed E-state index contributed by atoms with van der Waals surface area (Å²) in [6.45, 7) is -0.0517. The minimum absolute atomic E-state index is 0.0517. The fourth-order valence-electron chi connectivity index (χ4n) is 3.74. The number of amides is 1. The summed E-state index contributed by atoms with van der Waals surface area (Å²) in [5.41, 5.74) is 3.22. The smallest absolute Gasteiger partial charge is 0.250 e. The van der Waals surface area contributed by atoms with Gasteiger partial charge in [-0.3, -0.25) is 9.78 Å². The van der Waals surface area contributed by atoms with Crippen LogP contribution >= 0.6 is 12.2 Å². The first-order valence-corrected chi connectivity index (χ1v) is 10.1. The molecule has 0 radical (unpaired) electrons. The number of anilines is 2. The molecule has 1 aliphatic heterocycles. The Morgan fingerprint density at radius 3 is 2.77 bits per heavy atom. The monoisotopic (exact) mass is 437 g/mol. The standard InChI is InChI=1S/C22H23N5O3S/c1-29-13-19(28)25-17-12-14(8-9-18(17)30-2)27-21(16-7-5-11-24-16)20(26-22(27)31)15-6-3-4-10-23-15/h3-12,20-21,24H,13H2,1-2H3,(H,25,28)(H,26,31). The predicted octanol–water partition coefficient (Wildman–Crippen LogP) is 3.18. The highest BCUT2D eigenvalue weighted by Gasteiger charge is 2.41. The molecule has 1 aromatic carbocycles. The Morgan fingerprint density at radius 1 is 1.23 bits per heavy atom. The number of aromatic amines is 1. The van der Waals surface area contributed by atoms with E-state index in [9.17, 15) is 4.79 Å². The number of hydrogen-bond acceptors (Lipinski definition) is 5. The van der Waals surface area contributed by atoms with Crippen molar-refractivity contribution in [2.24, 2.45) is 0 Å². The van der Waals surface area contributed by atoms with Gasteiger partial charge in [-0.05, 0) is 54.7 Å². The second-order valence-corrected chi connectivity index (χ2v) is 7.37. The van der Waals surface area contributed by atoms with E-state index in [2.05, 4.69) is 20.6 Å². The van der Waals surface area contributed by atoms with Crippen molar-refractivity contribution in [3.05, 3.63) is 72.3 Å². The zero-order valence-corrected chi connectivity index (χ0v) is 18.0. The van der Waals surface area contributed by atoms with Crippen molar-refractivity contribution in [2.75, 3.05) is 31.0 Å². The predicted molar refractivity (Wildman–Crippen MR) is 122 cm³/mol. The van der Waals surface area contributed by atoms with Gasteiger partial charge in [0.2, 0.25) is 5.91 Å². The molecule has 2 unspecified atom stereocenters. The number of rotatable bonds is 7. The summed E-state index contributed by atoms with van der Waals surface area (Å²) < 4.78 is 10.3. The second-order valence-electron chi connectivity index (χ2n) is 6.99. The molecule has 8 nitrogen and oxygen atoms in total. The molecular formula is C22H23N5O3S. The molecule has 4 rings (SSSR count). The second kappa shape index (κ2) is 9.15. The zero-order valence-electron chi connectivity index (χ0n) is 17.2. The third-order valence-electron chi connectivity index (χ3n) is 5.05. The van der Waals surface area contributed by atoms with Crippen LogP contribution in [0.2, 0.25) is 0 Å². The van der Waals surface area contributed by atoms with Gasteiger partial charge in [-0.1, -0.05) is 6.07 Å². The Labute approximate surface area is 185 Å². The molecule has 2 aromatic heterocycles. The minimum Gasteiger partial charge on any atom is -0.495 e. The molecule has 160 valence electrons. The van der Waals surface area contributed by atoms with Gasteiger partial charge in [-0.15, -0.1) is 0 Å². The summed E-state index contributed by atoms with van der Waals surface area (Å²) in [6.07, 6.45) is 3.65. The molecular weight excluding hydrogens is 414 g/mol. The van der Waals surface area contributed by atoms with Gasteiger partial charge in [0.25, 0.3) is 0 Å². The quantitative estimate of drug-likeness (QED) is 0.489. The summed E-state index contributed by atoms with van der Waals surface area (Å²) in [5, 5.41) is 6.80. The van der Waals surface area contributed by atoms with Gasteiger partial charge in [0, 0.05) is 30.9 Å². The van der Waals surface area contributed by atoms with Gasteiger partial charge in [-0.2, -0.15) is 0 Å². The lowest BCUT2D eigenvalue weighted by Crippen LogP contribution is -2.29. The fraction of sp³-hybridized carbons (Fsp3) is 0.227. The molecule has 0 aliphatic carbocycles. The van der Waals surface area contributed by atoms with Crippen molar-refractivity contribution < 1.29 is 14.3 Å². The Kier molecular flexibility index (Phi) is 6.15. The van der Waals surface area contributed by atoms with Crippen LogP contribution in [-0.2, 0) is 9.53 Å². The van der Waals surface area contributed by atoms with Crippen LogP contribution in [0.15, 0.2) is 60.9 Å². The zero-order chi connectivity index (χ0) is 21.8. The number of H-pyrrole nitrogens is 1. The topological polar surface area (TPSA) is 91.5 Å². The van der Waals surface area contributed by atoms with E-state index < -0.39 is 0 Å². The van der Waals surface area contributed by atoms with Crippen LogP contribution in [0.25, 0.3) is 0 Å². The summed E-state index contributed by atoms with van der Waals surface area (Å²) in [4.78, 5) is 22.0. The summed E-state index contributed by atoms with van der Waals surface area (Å²) >= 11 is 5.72. The highest BCUT2D eigenvalue weighted by Crippen LogP contribution is 2.42. The minimum atomic E-state index is -0.271. The highest BCUT2D eigenvalue weighted by atomic mass is 32.1. The lowest BCUT2D eigenvalue weighted by atomic mass is 10.0. The maximum atomic E-state index is 12.1. The Bertz CT molecular complexity index is 1060. The average Bonchev–Trinajstić information content (AvgIpc) is 3.42. The lowest BCUT2D eigenvalue weighted by Gasteiger charge is -2.27. The number of carbonyl (C=O) groups excluding carboxylic acids is 1. The third-order valence-corrected chi connectivity index (χ3v) is 5.36. The van der Waals surface area contributed by atoms with Crippen LogP contribution in [0.5, 0.6) is 5.75 Å². The maximum absolute atomic E-state index is 12.1. The summed E-state index contributed by atoms with van der Waals surface area (Å²) in [6, 6.07) is 15.0. The summed E-state index contributed by atoms with van der Waals surface area (Å²) in [5.74, 6) is 0.274. The van der Waals surface area contributed by atoms with Gasteiger partial charge < -0.3 is 30.0 Å². The van der Waals surface area contributed by atoms with E-state index >= 15 is 0 Å². The van der Waals surface area contributed by atoms with E-state index in [1.165, 1.54) is 7.11 Å². The largest absolute Gasteiger partial charge is 0.495 e. The first-order valence-electron chi connectivity index (χ1n) is 9.73. The number of nitrogens with zero attached hydrogens (tertiary/aromatic N) is 2. The Balaban J connectivity index is 1.75. The van der Waals surface area contributed by atoms with Gasteiger partial charge in [0.15, 0.2) is 5.11 Å². The number of pyridine rings is 1. The third kappa shape index (κ3) is 4.23. The van der Waals surface area contributed by atoms with Crippen LogP contribution in [0, 0.1) is 0 Å². The molecule has 2 atom stereocenters. The SMILES string of the molecule is COCC(=O)Nc1cc(N2C(=S)NC(c3ccccn3)C2c2ccc[nH]2)ccc1OC. The molecule has 0 saturated carbocycles. The molecule has 1 amide bonds. The van der Waals surface area contributed by atoms with Gasteiger partial charge >= 0.3 is 0 Å². The maximum Gasteiger partial charge on any atom is 0.250 e. The number of benzene rings is 1. The van der Waals surface area contributed by atoms with E-state index in [0.717, 1.165) is 17.1 Å². The van der Waals surface area contributed by atoms with Crippen molar-refractivity contribution >= 4 is 34.6 Å². The van der Waals surface area contributed by atoms with Crippen LogP contribution in [-0.4, -0.2) is 41.8 Å². The van der Waals surface area contributed by atoms with Crippen molar-refractivity contribution in [1.29, 1.82) is 0 Å². The van der Waals surface area contributed by atoms with E-state index in [4.69, 9.17) is 21.7 Å².